The Morgan fingerprint density at radius 1 is 1.11 bits per heavy atom. The summed E-state index contributed by atoms with van der Waals surface area (Å²) in [7, 11) is 1.69. The Morgan fingerprint density at radius 2 is 1.84 bits per heavy atom. The van der Waals surface area contributed by atoms with Crippen LogP contribution in [-0.4, -0.2) is 19.8 Å². The lowest BCUT2D eigenvalue weighted by atomic mass is 10.2. The number of hydrogen-bond acceptors (Lipinski definition) is 3. The fourth-order valence-corrected chi connectivity index (χ4v) is 1.96. The summed E-state index contributed by atoms with van der Waals surface area (Å²) >= 11 is 0. The van der Waals surface area contributed by atoms with Gasteiger partial charge in [0, 0.05) is 6.54 Å². The van der Waals surface area contributed by atoms with E-state index < -0.39 is 0 Å². The van der Waals surface area contributed by atoms with Crippen LogP contribution in [-0.2, 0) is 6.54 Å². The van der Waals surface area contributed by atoms with Gasteiger partial charge in [0.15, 0.2) is 11.5 Å². The van der Waals surface area contributed by atoms with Crippen molar-refractivity contribution in [2.75, 3.05) is 13.7 Å². The summed E-state index contributed by atoms with van der Waals surface area (Å²) in [5.74, 6) is 1.66. The van der Waals surface area contributed by atoms with Crippen LogP contribution in [0, 0.1) is 0 Å². The first kappa shape index (κ1) is 15.8. The van der Waals surface area contributed by atoms with Crippen molar-refractivity contribution in [3.63, 3.8) is 0 Å². The summed E-state index contributed by atoms with van der Waals surface area (Å²) in [5, 5.41) is 3.39. The predicted molar refractivity (Wildman–Crippen MR) is 80.0 cm³/mol. The molecule has 0 saturated heterocycles. The Morgan fingerprint density at radius 3 is 2.42 bits per heavy atom. The van der Waals surface area contributed by atoms with Crippen molar-refractivity contribution < 1.29 is 9.47 Å². The summed E-state index contributed by atoms with van der Waals surface area (Å²) < 4.78 is 11.4. The summed E-state index contributed by atoms with van der Waals surface area (Å²) in [6.45, 7) is 8.36. The Balaban J connectivity index is 2.72. The normalized spacial score (nSPS) is 10.8. The highest BCUT2D eigenvalue weighted by atomic mass is 16.5. The Bertz CT molecular complexity index is 362. The molecule has 0 aliphatic carbocycles. The van der Waals surface area contributed by atoms with Gasteiger partial charge in [0.05, 0.1) is 13.2 Å². The minimum Gasteiger partial charge on any atom is -0.493 e. The first-order valence-electron chi connectivity index (χ1n) is 7.29. The number of ether oxygens (including phenoxy) is 2. The van der Waals surface area contributed by atoms with E-state index in [4.69, 9.17) is 9.47 Å². The lowest BCUT2D eigenvalue weighted by Crippen LogP contribution is -2.15. The van der Waals surface area contributed by atoms with Gasteiger partial charge < -0.3 is 14.8 Å². The van der Waals surface area contributed by atoms with Crippen molar-refractivity contribution >= 4 is 0 Å². The molecule has 19 heavy (non-hydrogen) atoms. The van der Waals surface area contributed by atoms with Crippen LogP contribution in [0.4, 0.5) is 0 Å². The molecule has 108 valence electrons. The maximum Gasteiger partial charge on any atom is 0.161 e. The lowest BCUT2D eigenvalue weighted by Gasteiger charge is -2.18. The fraction of sp³-hybridized carbons (Fsp3) is 0.625. The van der Waals surface area contributed by atoms with Gasteiger partial charge in [-0.25, -0.2) is 0 Å². The van der Waals surface area contributed by atoms with Crippen LogP contribution in [0.15, 0.2) is 18.2 Å². The highest BCUT2D eigenvalue weighted by molar-refractivity contribution is 5.43. The second-order valence-corrected chi connectivity index (χ2v) is 4.72. The third-order valence-corrected chi connectivity index (χ3v) is 3.19. The maximum absolute atomic E-state index is 5.97. The van der Waals surface area contributed by atoms with Gasteiger partial charge in [0.2, 0.25) is 0 Å². The van der Waals surface area contributed by atoms with Crippen LogP contribution in [0.25, 0.3) is 0 Å². The van der Waals surface area contributed by atoms with Crippen LogP contribution in [0.5, 0.6) is 11.5 Å². The lowest BCUT2D eigenvalue weighted by molar-refractivity contribution is 0.185. The van der Waals surface area contributed by atoms with Gasteiger partial charge in [0.25, 0.3) is 0 Å². The van der Waals surface area contributed by atoms with Crippen molar-refractivity contribution in [1.29, 1.82) is 0 Å². The highest BCUT2D eigenvalue weighted by Crippen LogP contribution is 2.29. The molecule has 0 atom stereocenters. The molecule has 3 heteroatoms. The average Bonchev–Trinajstić information content (AvgIpc) is 2.45. The first-order valence-corrected chi connectivity index (χ1v) is 7.29. The minimum atomic E-state index is 0.262. The van der Waals surface area contributed by atoms with Gasteiger partial charge in [-0.15, -0.1) is 0 Å². The predicted octanol–water partition coefficient (Wildman–Crippen LogP) is 3.76. The van der Waals surface area contributed by atoms with Gasteiger partial charge >= 0.3 is 0 Å². The van der Waals surface area contributed by atoms with E-state index in [1.54, 1.807) is 7.11 Å². The van der Waals surface area contributed by atoms with E-state index in [1.807, 2.05) is 6.07 Å². The van der Waals surface area contributed by atoms with Gasteiger partial charge in [0.1, 0.15) is 0 Å². The maximum atomic E-state index is 5.97. The monoisotopic (exact) mass is 265 g/mol. The number of rotatable bonds is 9. The molecule has 0 unspecified atom stereocenters. The number of benzene rings is 1. The van der Waals surface area contributed by atoms with Crippen molar-refractivity contribution in [2.45, 2.75) is 52.7 Å². The molecule has 0 aliphatic heterocycles. The van der Waals surface area contributed by atoms with Gasteiger partial charge in [-0.1, -0.05) is 26.8 Å². The third-order valence-electron chi connectivity index (χ3n) is 3.19. The standard InChI is InChI=1S/C16H27NO2/c1-5-10-17-12-13-8-9-15(16(11-13)18-4)19-14(6-2)7-3/h8-9,11,14,17H,5-7,10,12H2,1-4H3. The van der Waals surface area contributed by atoms with E-state index in [2.05, 4.69) is 38.2 Å². The summed E-state index contributed by atoms with van der Waals surface area (Å²) in [6, 6.07) is 6.17. The second kappa shape index (κ2) is 8.81. The fourth-order valence-electron chi connectivity index (χ4n) is 1.96. The molecule has 1 rings (SSSR count). The number of hydrogen-bond donors (Lipinski definition) is 1. The van der Waals surface area contributed by atoms with Crippen molar-refractivity contribution in [2.24, 2.45) is 0 Å². The number of nitrogens with one attached hydrogen (secondary N) is 1. The van der Waals surface area contributed by atoms with E-state index in [-0.39, 0.29) is 6.10 Å². The van der Waals surface area contributed by atoms with Gasteiger partial charge in [-0.2, -0.15) is 0 Å². The van der Waals surface area contributed by atoms with Crippen LogP contribution < -0.4 is 14.8 Å². The smallest absolute Gasteiger partial charge is 0.161 e. The molecule has 0 amide bonds. The molecule has 0 heterocycles. The molecule has 1 aromatic carbocycles. The van der Waals surface area contributed by atoms with Crippen LogP contribution >= 0.6 is 0 Å². The molecule has 1 N–H and O–H groups in total. The summed E-state index contributed by atoms with van der Waals surface area (Å²) in [5.41, 5.74) is 1.22. The van der Waals surface area contributed by atoms with Gasteiger partial charge in [-0.05, 0) is 43.5 Å². The van der Waals surface area contributed by atoms with Crippen LogP contribution in [0.3, 0.4) is 0 Å². The zero-order valence-corrected chi connectivity index (χ0v) is 12.7. The largest absolute Gasteiger partial charge is 0.493 e. The highest BCUT2D eigenvalue weighted by Gasteiger charge is 2.10. The molecule has 3 nitrogen and oxygen atoms in total. The Kier molecular flexibility index (Phi) is 7.34. The van der Waals surface area contributed by atoms with E-state index in [9.17, 15) is 0 Å². The molecule has 0 saturated carbocycles. The van der Waals surface area contributed by atoms with E-state index in [0.717, 1.165) is 43.9 Å². The average molecular weight is 265 g/mol. The first-order chi connectivity index (χ1) is 9.24. The van der Waals surface area contributed by atoms with Crippen molar-refractivity contribution in [3.05, 3.63) is 23.8 Å². The summed E-state index contributed by atoms with van der Waals surface area (Å²) in [4.78, 5) is 0. The molecule has 0 aromatic heterocycles. The Labute approximate surface area is 117 Å². The molecule has 0 radical (unpaired) electrons. The molecule has 0 bridgehead atoms. The van der Waals surface area contributed by atoms with E-state index in [1.165, 1.54) is 5.56 Å². The molecule has 1 aromatic rings. The molecular formula is C16H27NO2. The zero-order chi connectivity index (χ0) is 14.1. The second-order valence-electron chi connectivity index (χ2n) is 4.72. The van der Waals surface area contributed by atoms with Crippen molar-refractivity contribution in [1.82, 2.24) is 5.32 Å². The van der Waals surface area contributed by atoms with E-state index in [0.29, 0.717) is 0 Å². The number of methoxy groups -OCH3 is 1. The van der Waals surface area contributed by atoms with Crippen LogP contribution in [0.1, 0.15) is 45.6 Å². The zero-order valence-electron chi connectivity index (χ0n) is 12.7. The molecule has 0 aliphatic rings. The quantitative estimate of drug-likeness (QED) is 0.690. The molecule has 0 fully saturated rings. The molecule has 0 spiro atoms. The topological polar surface area (TPSA) is 30.5 Å². The Hall–Kier alpha value is -1.22. The van der Waals surface area contributed by atoms with E-state index >= 15 is 0 Å². The van der Waals surface area contributed by atoms with Crippen LogP contribution in [0.2, 0.25) is 0 Å². The summed E-state index contributed by atoms with van der Waals surface area (Å²) in [6.07, 6.45) is 3.43. The van der Waals surface area contributed by atoms with Crippen molar-refractivity contribution in [3.8, 4) is 11.5 Å². The SMILES string of the molecule is CCCNCc1ccc(OC(CC)CC)c(OC)c1. The minimum absolute atomic E-state index is 0.262. The molecular weight excluding hydrogens is 238 g/mol. The van der Waals surface area contributed by atoms with Gasteiger partial charge in [-0.3, -0.25) is 0 Å². The third kappa shape index (κ3) is 5.11.